The summed E-state index contributed by atoms with van der Waals surface area (Å²) >= 11 is 1.11. The highest BCUT2D eigenvalue weighted by atomic mass is 32.2. The van der Waals surface area contributed by atoms with Gasteiger partial charge in [-0.25, -0.2) is 9.78 Å². The standard InChI is InChI=1S/C20H18N4O4S/c1-28-16-9-5-4-8-15(16)24-18(26)13-6-2-3-7-14(13)22-20(24)29-12-17(25)23-11-10-21-19(23)27/h2-9H,10-12H2,1H3,(H,21,27). The predicted molar refractivity (Wildman–Crippen MR) is 110 cm³/mol. The molecule has 3 amide bonds. The van der Waals surface area contributed by atoms with Gasteiger partial charge in [0, 0.05) is 13.1 Å². The molecule has 2 heterocycles. The number of benzene rings is 2. The quantitative estimate of drug-likeness (QED) is 0.511. The van der Waals surface area contributed by atoms with E-state index >= 15 is 0 Å². The molecule has 0 bridgehead atoms. The van der Waals surface area contributed by atoms with Gasteiger partial charge in [-0.15, -0.1) is 0 Å². The number of carbonyl (C=O) groups excluding carboxylic acids is 2. The summed E-state index contributed by atoms with van der Waals surface area (Å²) in [7, 11) is 1.53. The molecule has 3 aromatic rings. The van der Waals surface area contributed by atoms with Crippen molar-refractivity contribution in [3.05, 3.63) is 58.9 Å². The van der Waals surface area contributed by atoms with Crippen molar-refractivity contribution in [2.24, 2.45) is 0 Å². The van der Waals surface area contributed by atoms with E-state index in [1.165, 1.54) is 16.6 Å². The monoisotopic (exact) mass is 410 g/mol. The molecule has 0 unspecified atom stereocenters. The molecule has 0 saturated carbocycles. The summed E-state index contributed by atoms with van der Waals surface area (Å²) in [6.07, 6.45) is 0. The molecule has 2 aromatic carbocycles. The molecule has 1 N–H and O–H groups in total. The molecule has 1 aliphatic heterocycles. The lowest BCUT2D eigenvalue weighted by molar-refractivity contribution is -0.124. The second-order valence-electron chi connectivity index (χ2n) is 6.29. The summed E-state index contributed by atoms with van der Waals surface area (Å²) in [5.74, 6) is 0.158. The number of carbonyl (C=O) groups is 2. The number of methoxy groups -OCH3 is 1. The van der Waals surface area contributed by atoms with E-state index in [0.717, 1.165) is 11.8 Å². The van der Waals surface area contributed by atoms with Gasteiger partial charge in [-0.1, -0.05) is 36.0 Å². The number of para-hydroxylation sites is 3. The van der Waals surface area contributed by atoms with Crippen molar-refractivity contribution in [3.8, 4) is 11.4 Å². The average Bonchev–Trinajstić information content (AvgIpc) is 3.18. The molecular formula is C20H18N4O4S. The third kappa shape index (κ3) is 3.56. The Bertz CT molecular complexity index is 1160. The number of rotatable bonds is 5. The number of hydrogen-bond donors (Lipinski definition) is 1. The Kier molecular flexibility index (Phi) is 5.22. The Hall–Kier alpha value is -3.33. The predicted octanol–water partition coefficient (Wildman–Crippen LogP) is 2.04. The number of urea groups is 1. The van der Waals surface area contributed by atoms with Crippen molar-refractivity contribution in [3.63, 3.8) is 0 Å². The molecule has 0 spiro atoms. The van der Waals surface area contributed by atoms with Gasteiger partial charge in [-0.3, -0.25) is 19.1 Å². The van der Waals surface area contributed by atoms with Gasteiger partial charge in [0.2, 0.25) is 5.91 Å². The molecule has 29 heavy (non-hydrogen) atoms. The van der Waals surface area contributed by atoms with Gasteiger partial charge in [0.05, 0.1) is 29.5 Å². The Morgan fingerprint density at radius 3 is 2.69 bits per heavy atom. The van der Waals surface area contributed by atoms with E-state index in [2.05, 4.69) is 10.3 Å². The smallest absolute Gasteiger partial charge is 0.324 e. The van der Waals surface area contributed by atoms with E-state index in [-0.39, 0.29) is 17.2 Å². The van der Waals surface area contributed by atoms with Crippen molar-refractivity contribution in [1.82, 2.24) is 19.8 Å². The first-order valence-corrected chi connectivity index (χ1v) is 9.95. The fourth-order valence-electron chi connectivity index (χ4n) is 3.15. The highest BCUT2D eigenvalue weighted by molar-refractivity contribution is 7.99. The molecule has 1 fully saturated rings. The maximum absolute atomic E-state index is 13.3. The molecule has 4 rings (SSSR count). The zero-order valence-corrected chi connectivity index (χ0v) is 16.4. The zero-order valence-electron chi connectivity index (χ0n) is 15.6. The van der Waals surface area contributed by atoms with Crippen LogP contribution in [0.1, 0.15) is 0 Å². The second-order valence-corrected chi connectivity index (χ2v) is 7.23. The number of hydrogen-bond acceptors (Lipinski definition) is 6. The van der Waals surface area contributed by atoms with E-state index in [1.807, 2.05) is 6.07 Å². The molecular weight excluding hydrogens is 392 g/mol. The summed E-state index contributed by atoms with van der Waals surface area (Å²) in [6, 6.07) is 13.8. The van der Waals surface area contributed by atoms with Crippen molar-refractivity contribution in [1.29, 1.82) is 0 Å². The van der Waals surface area contributed by atoms with Crippen molar-refractivity contribution < 1.29 is 14.3 Å². The third-order valence-electron chi connectivity index (χ3n) is 4.55. The molecule has 0 aliphatic carbocycles. The molecule has 9 heteroatoms. The number of thioether (sulfide) groups is 1. The van der Waals surface area contributed by atoms with Crippen LogP contribution in [0.25, 0.3) is 16.6 Å². The minimum Gasteiger partial charge on any atom is -0.495 e. The summed E-state index contributed by atoms with van der Waals surface area (Å²) in [5.41, 5.74) is 0.818. The highest BCUT2D eigenvalue weighted by Crippen LogP contribution is 2.27. The number of fused-ring (bicyclic) bond motifs is 1. The first-order chi connectivity index (χ1) is 14.1. The fourth-order valence-corrected chi connectivity index (χ4v) is 4.03. The Morgan fingerprint density at radius 1 is 1.17 bits per heavy atom. The number of aromatic nitrogens is 2. The van der Waals surface area contributed by atoms with Crippen LogP contribution >= 0.6 is 11.8 Å². The maximum atomic E-state index is 13.3. The van der Waals surface area contributed by atoms with Crippen LogP contribution in [-0.2, 0) is 4.79 Å². The summed E-state index contributed by atoms with van der Waals surface area (Å²) in [5, 5.41) is 3.42. The van der Waals surface area contributed by atoms with Crippen molar-refractivity contribution in [2.45, 2.75) is 5.16 Å². The Morgan fingerprint density at radius 2 is 1.93 bits per heavy atom. The van der Waals surface area contributed by atoms with Crippen molar-refractivity contribution in [2.75, 3.05) is 26.0 Å². The van der Waals surface area contributed by atoms with Gasteiger partial charge in [-0.2, -0.15) is 0 Å². The molecule has 8 nitrogen and oxygen atoms in total. The van der Waals surface area contributed by atoms with Crippen LogP contribution in [0.4, 0.5) is 4.79 Å². The maximum Gasteiger partial charge on any atom is 0.324 e. The van der Waals surface area contributed by atoms with Gasteiger partial charge in [-0.05, 0) is 24.3 Å². The first-order valence-electron chi connectivity index (χ1n) is 8.96. The van der Waals surface area contributed by atoms with Crippen molar-refractivity contribution >= 4 is 34.6 Å². The number of amides is 3. The van der Waals surface area contributed by atoms with Crippen LogP contribution in [-0.4, -0.2) is 52.3 Å². The number of nitrogens with one attached hydrogen (secondary N) is 1. The fraction of sp³-hybridized carbons (Fsp3) is 0.200. The van der Waals surface area contributed by atoms with E-state index in [9.17, 15) is 14.4 Å². The normalized spacial score (nSPS) is 13.6. The van der Waals surface area contributed by atoms with E-state index < -0.39 is 6.03 Å². The van der Waals surface area contributed by atoms with Crippen LogP contribution < -0.4 is 15.6 Å². The number of ether oxygens (including phenoxy) is 1. The lowest BCUT2D eigenvalue weighted by Gasteiger charge is -2.16. The summed E-state index contributed by atoms with van der Waals surface area (Å²) in [4.78, 5) is 43.2. The molecule has 1 aromatic heterocycles. The van der Waals surface area contributed by atoms with Gasteiger partial charge in [0.1, 0.15) is 5.75 Å². The van der Waals surface area contributed by atoms with Crippen LogP contribution in [0, 0.1) is 0 Å². The zero-order chi connectivity index (χ0) is 20.4. The number of nitrogens with zero attached hydrogens (tertiary/aromatic N) is 3. The van der Waals surface area contributed by atoms with E-state index in [4.69, 9.17) is 4.74 Å². The third-order valence-corrected chi connectivity index (χ3v) is 5.48. The summed E-state index contributed by atoms with van der Waals surface area (Å²) < 4.78 is 6.87. The Balaban J connectivity index is 1.78. The van der Waals surface area contributed by atoms with Gasteiger partial charge < -0.3 is 10.1 Å². The van der Waals surface area contributed by atoms with E-state index in [1.54, 1.807) is 42.5 Å². The molecule has 148 valence electrons. The van der Waals surface area contributed by atoms with Crippen LogP contribution in [0.3, 0.4) is 0 Å². The lowest BCUT2D eigenvalue weighted by Crippen LogP contribution is -2.35. The minimum absolute atomic E-state index is 0.0205. The van der Waals surface area contributed by atoms with Gasteiger partial charge in [0.15, 0.2) is 5.16 Å². The first kappa shape index (κ1) is 19.0. The number of imide groups is 1. The second kappa shape index (κ2) is 7.96. The molecule has 0 atom stereocenters. The SMILES string of the molecule is COc1ccccc1-n1c(SCC(=O)N2CCNC2=O)nc2ccccc2c1=O. The molecule has 1 saturated heterocycles. The highest BCUT2D eigenvalue weighted by Gasteiger charge is 2.26. The van der Waals surface area contributed by atoms with Crippen LogP contribution in [0.15, 0.2) is 58.5 Å². The average molecular weight is 410 g/mol. The largest absolute Gasteiger partial charge is 0.495 e. The minimum atomic E-state index is -0.399. The Labute approximate surface area is 170 Å². The lowest BCUT2D eigenvalue weighted by atomic mass is 10.2. The summed E-state index contributed by atoms with van der Waals surface area (Å²) in [6.45, 7) is 0.776. The van der Waals surface area contributed by atoms with Crippen LogP contribution in [0.5, 0.6) is 5.75 Å². The van der Waals surface area contributed by atoms with Crippen LogP contribution in [0.2, 0.25) is 0 Å². The van der Waals surface area contributed by atoms with Gasteiger partial charge in [0.25, 0.3) is 5.56 Å². The molecule has 1 aliphatic rings. The topological polar surface area (TPSA) is 93.5 Å². The van der Waals surface area contributed by atoms with E-state index in [0.29, 0.717) is 40.6 Å². The van der Waals surface area contributed by atoms with Gasteiger partial charge >= 0.3 is 6.03 Å². The molecule has 0 radical (unpaired) electrons.